The van der Waals surface area contributed by atoms with Crippen LogP contribution in [0.5, 0.6) is 0 Å². The second-order valence-electron chi connectivity index (χ2n) is 6.61. The molecule has 0 bridgehead atoms. The SMILES string of the molecule is CCC(NC(=O)N1CCOC(CN(C)CC(=O)O)C1)c1ccc(F)cc1F. The van der Waals surface area contributed by atoms with Gasteiger partial charge in [0.2, 0.25) is 0 Å². The Kier molecular flexibility index (Phi) is 7.49. The molecule has 2 amide bonds. The lowest BCUT2D eigenvalue weighted by Crippen LogP contribution is -2.52. The van der Waals surface area contributed by atoms with Gasteiger partial charge in [0.1, 0.15) is 11.6 Å². The third-order valence-corrected chi connectivity index (χ3v) is 4.39. The van der Waals surface area contributed by atoms with Crippen molar-refractivity contribution >= 4 is 12.0 Å². The van der Waals surface area contributed by atoms with Gasteiger partial charge in [-0.15, -0.1) is 0 Å². The van der Waals surface area contributed by atoms with Crippen molar-refractivity contribution in [3.8, 4) is 0 Å². The summed E-state index contributed by atoms with van der Waals surface area (Å²) in [6, 6.07) is 2.36. The third kappa shape index (κ3) is 6.14. The summed E-state index contributed by atoms with van der Waals surface area (Å²) in [4.78, 5) is 26.5. The second-order valence-corrected chi connectivity index (χ2v) is 6.61. The van der Waals surface area contributed by atoms with Gasteiger partial charge in [0.05, 0.1) is 25.3 Å². The van der Waals surface area contributed by atoms with Gasteiger partial charge in [0, 0.05) is 31.3 Å². The molecule has 1 aromatic carbocycles. The van der Waals surface area contributed by atoms with Gasteiger partial charge < -0.3 is 20.1 Å². The summed E-state index contributed by atoms with van der Waals surface area (Å²) in [5.41, 5.74) is 0.234. The van der Waals surface area contributed by atoms with E-state index in [1.54, 1.807) is 23.8 Å². The number of benzene rings is 1. The molecule has 0 spiro atoms. The maximum Gasteiger partial charge on any atom is 0.318 e. The van der Waals surface area contributed by atoms with Gasteiger partial charge in [-0.1, -0.05) is 13.0 Å². The van der Waals surface area contributed by atoms with Gasteiger partial charge in [0.15, 0.2) is 0 Å². The molecule has 2 rings (SSSR count). The van der Waals surface area contributed by atoms with Gasteiger partial charge in [0.25, 0.3) is 0 Å². The van der Waals surface area contributed by atoms with Crippen molar-refractivity contribution in [1.29, 1.82) is 0 Å². The summed E-state index contributed by atoms with van der Waals surface area (Å²) in [5, 5.41) is 11.6. The van der Waals surface area contributed by atoms with E-state index in [4.69, 9.17) is 9.84 Å². The average Bonchev–Trinajstić information content (AvgIpc) is 2.59. The fourth-order valence-electron chi connectivity index (χ4n) is 3.08. The number of aliphatic carboxylic acids is 1. The molecular weight excluding hydrogens is 360 g/mol. The molecule has 1 aromatic rings. The highest BCUT2D eigenvalue weighted by molar-refractivity contribution is 5.75. The smallest absolute Gasteiger partial charge is 0.318 e. The maximum atomic E-state index is 14.0. The Hall–Kier alpha value is -2.26. The number of ether oxygens (including phenoxy) is 1. The Morgan fingerprint density at radius 1 is 1.44 bits per heavy atom. The Labute approximate surface area is 156 Å². The fourth-order valence-corrected chi connectivity index (χ4v) is 3.08. The van der Waals surface area contributed by atoms with Crippen LogP contribution in [0, 0.1) is 11.6 Å². The molecule has 150 valence electrons. The molecule has 27 heavy (non-hydrogen) atoms. The molecular formula is C18H25F2N3O4. The number of hydrogen-bond donors (Lipinski definition) is 2. The van der Waals surface area contributed by atoms with Crippen LogP contribution >= 0.6 is 0 Å². The molecule has 1 aliphatic heterocycles. The minimum absolute atomic E-state index is 0.117. The van der Waals surface area contributed by atoms with Gasteiger partial charge >= 0.3 is 12.0 Å². The molecule has 2 atom stereocenters. The van der Waals surface area contributed by atoms with Crippen LogP contribution in [0.4, 0.5) is 13.6 Å². The van der Waals surface area contributed by atoms with Crippen LogP contribution in [-0.4, -0.2) is 72.8 Å². The molecule has 9 heteroatoms. The van der Waals surface area contributed by atoms with E-state index < -0.39 is 23.6 Å². The predicted molar refractivity (Wildman–Crippen MR) is 94.4 cm³/mol. The first-order chi connectivity index (χ1) is 12.8. The first kappa shape index (κ1) is 21.0. The zero-order valence-corrected chi connectivity index (χ0v) is 15.5. The predicted octanol–water partition coefficient (Wildman–Crippen LogP) is 1.84. The Morgan fingerprint density at radius 3 is 2.81 bits per heavy atom. The lowest BCUT2D eigenvalue weighted by atomic mass is 10.0. The lowest BCUT2D eigenvalue weighted by molar-refractivity contribution is -0.138. The van der Waals surface area contributed by atoms with Gasteiger partial charge in [-0.05, 0) is 19.5 Å². The van der Waals surface area contributed by atoms with Crippen molar-refractivity contribution in [1.82, 2.24) is 15.1 Å². The van der Waals surface area contributed by atoms with E-state index in [2.05, 4.69) is 5.32 Å². The van der Waals surface area contributed by atoms with Crippen LogP contribution in [0.15, 0.2) is 18.2 Å². The molecule has 1 aliphatic rings. The molecule has 2 N–H and O–H groups in total. The molecule has 0 aromatic heterocycles. The minimum Gasteiger partial charge on any atom is -0.480 e. The molecule has 1 fully saturated rings. The zero-order valence-electron chi connectivity index (χ0n) is 15.5. The van der Waals surface area contributed by atoms with Crippen LogP contribution in [0.3, 0.4) is 0 Å². The number of halogens is 2. The van der Waals surface area contributed by atoms with E-state index in [1.807, 2.05) is 0 Å². The zero-order chi connectivity index (χ0) is 20.0. The fraction of sp³-hybridized carbons (Fsp3) is 0.556. The summed E-state index contributed by atoms with van der Waals surface area (Å²) in [7, 11) is 1.67. The Bertz CT molecular complexity index is 674. The number of carbonyl (C=O) groups excluding carboxylic acids is 1. The van der Waals surface area contributed by atoms with Crippen molar-refractivity contribution in [3.05, 3.63) is 35.4 Å². The van der Waals surface area contributed by atoms with Crippen LogP contribution < -0.4 is 5.32 Å². The van der Waals surface area contributed by atoms with Crippen LogP contribution in [0.2, 0.25) is 0 Å². The van der Waals surface area contributed by atoms with Crippen LogP contribution in [0.1, 0.15) is 24.9 Å². The van der Waals surface area contributed by atoms with E-state index in [-0.39, 0.29) is 24.2 Å². The number of carbonyl (C=O) groups is 2. The molecule has 0 aliphatic carbocycles. The molecule has 1 heterocycles. The summed E-state index contributed by atoms with van der Waals surface area (Å²) in [6.45, 7) is 3.08. The number of carboxylic acids is 1. The number of nitrogens with zero attached hydrogens (tertiary/aromatic N) is 2. The number of hydrogen-bond acceptors (Lipinski definition) is 4. The minimum atomic E-state index is -0.935. The number of likely N-dealkylation sites (N-methyl/N-ethyl adjacent to an activating group) is 1. The number of rotatable bonds is 7. The lowest BCUT2D eigenvalue weighted by Gasteiger charge is -2.35. The summed E-state index contributed by atoms with van der Waals surface area (Å²) < 4.78 is 32.7. The van der Waals surface area contributed by atoms with E-state index in [0.29, 0.717) is 32.7 Å². The topological polar surface area (TPSA) is 82.1 Å². The third-order valence-electron chi connectivity index (χ3n) is 4.39. The van der Waals surface area contributed by atoms with E-state index >= 15 is 0 Å². The number of carboxylic acid groups (broad SMARTS) is 1. The van der Waals surface area contributed by atoms with Crippen molar-refractivity contribution in [2.24, 2.45) is 0 Å². The quantitative estimate of drug-likeness (QED) is 0.749. The monoisotopic (exact) mass is 385 g/mol. The maximum absolute atomic E-state index is 14.0. The molecule has 7 nitrogen and oxygen atoms in total. The summed E-state index contributed by atoms with van der Waals surface area (Å²) in [6.07, 6.45) is 0.139. The molecule has 2 unspecified atom stereocenters. The van der Waals surface area contributed by atoms with E-state index in [9.17, 15) is 18.4 Å². The Morgan fingerprint density at radius 2 is 2.19 bits per heavy atom. The number of morpholine rings is 1. The summed E-state index contributed by atoms with van der Waals surface area (Å²) >= 11 is 0. The first-order valence-electron chi connectivity index (χ1n) is 8.82. The molecule has 1 saturated heterocycles. The molecule has 0 radical (unpaired) electrons. The van der Waals surface area contributed by atoms with Gasteiger partial charge in [-0.3, -0.25) is 9.69 Å². The van der Waals surface area contributed by atoms with E-state index in [0.717, 1.165) is 12.1 Å². The Balaban J connectivity index is 1.96. The van der Waals surface area contributed by atoms with Gasteiger partial charge in [-0.2, -0.15) is 0 Å². The standard InChI is InChI=1S/C18H25F2N3O4/c1-3-16(14-5-4-12(19)8-15(14)20)21-18(26)23-6-7-27-13(10-23)9-22(2)11-17(24)25/h4-5,8,13,16H,3,6-7,9-11H2,1-2H3,(H,21,26)(H,24,25). The van der Waals surface area contributed by atoms with Crippen LogP contribution in [-0.2, 0) is 9.53 Å². The molecule has 0 saturated carbocycles. The highest BCUT2D eigenvalue weighted by Gasteiger charge is 2.27. The van der Waals surface area contributed by atoms with Crippen LogP contribution in [0.25, 0.3) is 0 Å². The van der Waals surface area contributed by atoms with Crippen molar-refractivity contribution < 1.29 is 28.2 Å². The second kappa shape index (κ2) is 9.61. The van der Waals surface area contributed by atoms with Crippen molar-refractivity contribution in [3.63, 3.8) is 0 Å². The summed E-state index contributed by atoms with van der Waals surface area (Å²) in [5.74, 6) is -2.30. The highest BCUT2D eigenvalue weighted by atomic mass is 19.1. The normalized spacial score (nSPS) is 18.4. The number of amides is 2. The first-order valence-corrected chi connectivity index (χ1v) is 8.82. The number of urea groups is 1. The van der Waals surface area contributed by atoms with Crippen molar-refractivity contribution in [2.75, 3.05) is 39.8 Å². The van der Waals surface area contributed by atoms with Crippen molar-refractivity contribution in [2.45, 2.75) is 25.5 Å². The highest BCUT2D eigenvalue weighted by Crippen LogP contribution is 2.21. The number of nitrogens with one attached hydrogen (secondary N) is 1. The van der Waals surface area contributed by atoms with Gasteiger partial charge in [-0.25, -0.2) is 13.6 Å². The largest absolute Gasteiger partial charge is 0.480 e. The average molecular weight is 385 g/mol. The van der Waals surface area contributed by atoms with E-state index in [1.165, 1.54) is 6.07 Å².